The van der Waals surface area contributed by atoms with Gasteiger partial charge in [0, 0.05) is 19.6 Å². The molecule has 1 aliphatic rings. The molecular weight excluding hydrogens is 268 g/mol. The average molecular weight is 290 g/mol. The second-order valence-corrected chi connectivity index (χ2v) is 5.64. The summed E-state index contributed by atoms with van der Waals surface area (Å²) in [5.41, 5.74) is 2.14. The minimum atomic E-state index is -0.558. The molecule has 0 saturated carbocycles. The number of hydrogen-bond acceptors (Lipinski definition) is 3. The zero-order chi connectivity index (χ0) is 15.4. The zero-order valence-electron chi connectivity index (χ0n) is 12.8. The fraction of sp³-hybridized carbons (Fsp3) is 0.500. The van der Waals surface area contributed by atoms with Gasteiger partial charge in [-0.1, -0.05) is 29.8 Å². The molecule has 2 amide bonds. The minimum Gasteiger partial charge on any atom is -0.372 e. The molecule has 2 unspecified atom stereocenters. The number of benzene rings is 1. The Kier molecular flexibility index (Phi) is 4.96. The molecule has 0 bridgehead atoms. The van der Waals surface area contributed by atoms with Crippen LogP contribution in [0.5, 0.6) is 0 Å². The van der Waals surface area contributed by atoms with E-state index in [4.69, 9.17) is 4.74 Å². The Balaban J connectivity index is 1.87. The highest BCUT2D eigenvalue weighted by atomic mass is 16.5. The summed E-state index contributed by atoms with van der Waals surface area (Å²) >= 11 is 0. The highest BCUT2D eigenvalue weighted by Gasteiger charge is 2.29. The first-order valence-electron chi connectivity index (χ1n) is 7.24. The third kappa shape index (κ3) is 4.29. The number of ether oxygens (including phenoxy) is 1. The Morgan fingerprint density at radius 2 is 1.76 bits per heavy atom. The van der Waals surface area contributed by atoms with Crippen LogP contribution in [-0.2, 0) is 20.9 Å². The molecule has 0 spiro atoms. The molecule has 0 aliphatic carbocycles. The molecule has 5 nitrogen and oxygen atoms in total. The van der Waals surface area contributed by atoms with Gasteiger partial charge in [0.25, 0.3) is 0 Å². The molecule has 21 heavy (non-hydrogen) atoms. The topological polar surface area (TPSA) is 58.6 Å². The molecular formula is C16H22N2O3. The van der Waals surface area contributed by atoms with E-state index in [1.807, 2.05) is 45.0 Å². The van der Waals surface area contributed by atoms with Crippen LogP contribution < -0.4 is 5.32 Å². The van der Waals surface area contributed by atoms with Crippen LogP contribution in [0.2, 0.25) is 0 Å². The largest absolute Gasteiger partial charge is 0.372 e. The number of aryl methyl sites for hydroxylation is 1. The van der Waals surface area contributed by atoms with Gasteiger partial charge < -0.3 is 15.0 Å². The van der Waals surface area contributed by atoms with E-state index in [9.17, 15) is 9.59 Å². The lowest BCUT2D eigenvalue weighted by atomic mass is 10.1. The highest BCUT2D eigenvalue weighted by Crippen LogP contribution is 2.10. The van der Waals surface area contributed by atoms with E-state index < -0.39 is 11.8 Å². The minimum absolute atomic E-state index is 0.0393. The lowest BCUT2D eigenvalue weighted by Gasteiger charge is -2.34. The Bertz CT molecular complexity index is 503. The van der Waals surface area contributed by atoms with Crippen LogP contribution in [0, 0.1) is 6.92 Å². The molecule has 114 valence electrons. The quantitative estimate of drug-likeness (QED) is 0.834. The summed E-state index contributed by atoms with van der Waals surface area (Å²) < 4.78 is 5.56. The first-order chi connectivity index (χ1) is 9.95. The van der Waals surface area contributed by atoms with Crippen molar-refractivity contribution in [2.24, 2.45) is 0 Å². The van der Waals surface area contributed by atoms with Gasteiger partial charge in [0.2, 0.25) is 0 Å². The van der Waals surface area contributed by atoms with Gasteiger partial charge in [-0.05, 0) is 26.3 Å². The summed E-state index contributed by atoms with van der Waals surface area (Å²) in [7, 11) is 0. The van der Waals surface area contributed by atoms with Gasteiger partial charge in [0.1, 0.15) is 0 Å². The predicted octanol–water partition coefficient (Wildman–Crippen LogP) is 1.25. The van der Waals surface area contributed by atoms with Crippen molar-refractivity contribution < 1.29 is 14.3 Å². The van der Waals surface area contributed by atoms with Crippen LogP contribution in [0.1, 0.15) is 25.0 Å². The van der Waals surface area contributed by atoms with E-state index in [2.05, 4.69) is 5.32 Å². The lowest BCUT2D eigenvalue weighted by Crippen LogP contribution is -2.52. The molecule has 1 saturated heterocycles. The summed E-state index contributed by atoms with van der Waals surface area (Å²) in [4.78, 5) is 25.6. The van der Waals surface area contributed by atoms with Crippen molar-refractivity contribution in [3.8, 4) is 0 Å². The van der Waals surface area contributed by atoms with E-state index in [0.29, 0.717) is 19.6 Å². The molecule has 1 aliphatic heterocycles. The normalized spacial score (nSPS) is 22.0. The van der Waals surface area contributed by atoms with Crippen molar-refractivity contribution in [2.45, 2.75) is 39.5 Å². The molecule has 1 fully saturated rings. The molecule has 1 N–H and O–H groups in total. The summed E-state index contributed by atoms with van der Waals surface area (Å²) in [6, 6.07) is 7.85. The van der Waals surface area contributed by atoms with Gasteiger partial charge in [-0.3, -0.25) is 9.59 Å². The number of nitrogens with zero attached hydrogens (tertiary/aromatic N) is 1. The molecule has 0 radical (unpaired) electrons. The fourth-order valence-corrected chi connectivity index (χ4v) is 2.45. The van der Waals surface area contributed by atoms with Gasteiger partial charge in [-0.25, -0.2) is 0 Å². The SMILES string of the molecule is Cc1ccc(CNC(=O)C(=O)N2CC(C)OC(C)C2)cc1. The number of morpholine rings is 1. The molecule has 1 aromatic rings. The molecule has 1 aromatic carbocycles. The Morgan fingerprint density at radius 3 is 2.33 bits per heavy atom. The first kappa shape index (κ1) is 15.5. The van der Waals surface area contributed by atoms with Gasteiger partial charge in [-0.15, -0.1) is 0 Å². The number of nitrogens with one attached hydrogen (secondary N) is 1. The molecule has 1 heterocycles. The lowest BCUT2D eigenvalue weighted by molar-refractivity contribution is -0.153. The van der Waals surface area contributed by atoms with E-state index in [1.165, 1.54) is 0 Å². The number of carbonyl (C=O) groups excluding carboxylic acids is 2. The monoisotopic (exact) mass is 290 g/mol. The van der Waals surface area contributed by atoms with E-state index in [1.54, 1.807) is 4.90 Å². The maximum absolute atomic E-state index is 12.1. The summed E-state index contributed by atoms with van der Waals surface area (Å²) in [5, 5.41) is 2.67. The van der Waals surface area contributed by atoms with Crippen molar-refractivity contribution in [1.82, 2.24) is 10.2 Å². The average Bonchev–Trinajstić information content (AvgIpc) is 2.44. The fourth-order valence-electron chi connectivity index (χ4n) is 2.45. The van der Waals surface area contributed by atoms with Gasteiger partial charge in [0.05, 0.1) is 12.2 Å². The predicted molar refractivity (Wildman–Crippen MR) is 79.6 cm³/mol. The Morgan fingerprint density at radius 1 is 1.19 bits per heavy atom. The molecule has 5 heteroatoms. The van der Waals surface area contributed by atoms with Crippen LogP contribution in [0.25, 0.3) is 0 Å². The summed E-state index contributed by atoms with van der Waals surface area (Å²) in [6.07, 6.45) is -0.0785. The zero-order valence-corrected chi connectivity index (χ0v) is 12.8. The first-order valence-corrected chi connectivity index (χ1v) is 7.24. The van der Waals surface area contributed by atoms with Gasteiger partial charge in [-0.2, -0.15) is 0 Å². The van der Waals surface area contributed by atoms with Crippen LogP contribution in [0.4, 0.5) is 0 Å². The highest BCUT2D eigenvalue weighted by molar-refractivity contribution is 6.35. The van der Waals surface area contributed by atoms with Crippen molar-refractivity contribution in [1.29, 1.82) is 0 Å². The molecule has 0 aromatic heterocycles. The van der Waals surface area contributed by atoms with Gasteiger partial charge in [0.15, 0.2) is 0 Å². The maximum Gasteiger partial charge on any atom is 0.312 e. The molecule has 2 rings (SSSR count). The number of hydrogen-bond donors (Lipinski definition) is 1. The number of carbonyl (C=O) groups is 2. The van der Waals surface area contributed by atoms with Crippen LogP contribution in [0.3, 0.4) is 0 Å². The maximum atomic E-state index is 12.1. The van der Waals surface area contributed by atoms with Crippen molar-refractivity contribution in [3.63, 3.8) is 0 Å². The smallest absolute Gasteiger partial charge is 0.312 e. The summed E-state index contributed by atoms with van der Waals surface area (Å²) in [6.45, 7) is 7.09. The number of amides is 2. The second-order valence-electron chi connectivity index (χ2n) is 5.64. The van der Waals surface area contributed by atoms with Crippen LogP contribution in [-0.4, -0.2) is 42.0 Å². The Hall–Kier alpha value is -1.88. The van der Waals surface area contributed by atoms with Crippen molar-refractivity contribution in [2.75, 3.05) is 13.1 Å². The van der Waals surface area contributed by atoms with Crippen LogP contribution >= 0.6 is 0 Å². The third-order valence-corrected chi connectivity index (χ3v) is 3.47. The molecule has 2 atom stereocenters. The number of rotatable bonds is 2. The third-order valence-electron chi connectivity index (χ3n) is 3.47. The second kappa shape index (κ2) is 6.72. The van der Waals surface area contributed by atoms with E-state index in [-0.39, 0.29) is 12.2 Å². The van der Waals surface area contributed by atoms with Crippen LogP contribution in [0.15, 0.2) is 24.3 Å². The van der Waals surface area contributed by atoms with E-state index >= 15 is 0 Å². The standard InChI is InChI=1S/C16H22N2O3/c1-11-4-6-14(7-5-11)8-17-15(19)16(20)18-9-12(2)21-13(3)10-18/h4-7,12-13H,8-10H2,1-3H3,(H,17,19). The Labute approximate surface area is 125 Å². The van der Waals surface area contributed by atoms with Crippen molar-refractivity contribution in [3.05, 3.63) is 35.4 Å². The van der Waals surface area contributed by atoms with Gasteiger partial charge >= 0.3 is 11.8 Å². The van der Waals surface area contributed by atoms with Crippen molar-refractivity contribution >= 4 is 11.8 Å². The summed E-state index contributed by atoms with van der Waals surface area (Å²) in [5.74, 6) is -1.04. The van der Waals surface area contributed by atoms with E-state index in [0.717, 1.165) is 11.1 Å².